The number of nitrogens with one attached hydrogen (secondary N) is 1. The molecular formula is C23H25N3O2. The van der Waals surface area contributed by atoms with Gasteiger partial charge in [0.15, 0.2) is 0 Å². The Kier molecular flexibility index (Phi) is 4.30. The van der Waals surface area contributed by atoms with Gasteiger partial charge in [0, 0.05) is 17.2 Å². The van der Waals surface area contributed by atoms with Gasteiger partial charge in [-0.25, -0.2) is 0 Å². The van der Waals surface area contributed by atoms with E-state index in [0.717, 1.165) is 42.9 Å². The Morgan fingerprint density at radius 3 is 2.86 bits per heavy atom. The summed E-state index contributed by atoms with van der Waals surface area (Å²) in [5, 5.41) is 7.85. The van der Waals surface area contributed by atoms with E-state index < -0.39 is 0 Å². The number of carbonyl (C=O) groups excluding carboxylic acids is 1. The number of rotatable bonds is 5. The maximum Gasteiger partial charge on any atom is 0.255 e. The summed E-state index contributed by atoms with van der Waals surface area (Å²) in [6.45, 7) is 2.65. The molecule has 5 nitrogen and oxygen atoms in total. The summed E-state index contributed by atoms with van der Waals surface area (Å²) in [5.74, 6) is 2.15. The van der Waals surface area contributed by atoms with E-state index in [9.17, 15) is 4.79 Å². The normalized spacial score (nSPS) is 18.7. The van der Waals surface area contributed by atoms with Crippen LogP contribution in [0, 0.1) is 6.92 Å². The summed E-state index contributed by atoms with van der Waals surface area (Å²) in [7, 11) is 0. The topological polar surface area (TPSA) is 60.1 Å². The lowest BCUT2D eigenvalue weighted by Crippen LogP contribution is -2.31. The molecule has 1 aromatic carbocycles. The fourth-order valence-corrected chi connectivity index (χ4v) is 4.20. The molecule has 1 amide bonds. The first kappa shape index (κ1) is 17.3. The number of aromatic nitrogens is 2. The number of aryl methyl sites for hydroxylation is 1. The predicted octanol–water partition coefficient (Wildman–Crippen LogP) is 4.52. The SMILES string of the molecule is Cc1oc(C2CC2)cc1C(=O)NC1CCCc2c1cnn2Cc1ccccc1. The molecule has 0 radical (unpaired) electrons. The maximum atomic E-state index is 12.9. The maximum absolute atomic E-state index is 12.9. The minimum absolute atomic E-state index is 0.0134. The molecule has 0 bridgehead atoms. The Morgan fingerprint density at radius 1 is 1.25 bits per heavy atom. The van der Waals surface area contributed by atoms with Gasteiger partial charge in [0.1, 0.15) is 11.5 Å². The average Bonchev–Trinajstić information content (AvgIpc) is 3.37. The lowest BCUT2D eigenvalue weighted by molar-refractivity contribution is 0.0931. The van der Waals surface area contributed by atoms with E-state index in [2.05, 4.69) is 39.4 Å². The van der Waals surface area contributed by atoms with Crippen LogP contribution in [0.4, 0.5) is 0 Å². The first-order chi connectivity index (χ1) is 13.7. The van der Waals surface area contributed by atoms with Crippen LogP contribution >= 0.6 is 0 Å². The van der Waals surface area contributed by atoms with Crippen LogP contribution in [0.1, 0.15) is 76.3 Å². The van der Waals surface area contributed by atoms with Gasteiger partial charge in [-0.1, -0.05) is 30.3 Å². The number of nitrogens with zero attached hydrogens (tertiary/aromatic N) is 2. The van der Waals surface area contributed by atoms with Crippen molar-refractivity contribution in [3.05, 3.63) is 76.5 Å². The monoisotopic (exact) mass is 375 g/mol. The Balaban J connectivity index is 1.34. The highest BCUT2D eigenvalue weighted by Crippen LogP contribution is 2.41. The van der Waals surface area contributed by atoms with Crippen molar-refractivity contribution >= 4 is 5.91 Å². The Bertz CT molecular complexity index is 998. The first-order valence-electron chi connectivity index (χ1n) is 10.2. The average molecular weight is 375 g/mol. The molecule has 5 heteroatoms. The van der Waals surface area contributed by atoms with Crippen LogP contribution in [-0.2, 0) is 13.0 Å². The smallest absolute Gasteiger partial charge is 0.255 e. The van der Waals surface area contributed by atoms with E-state index in [1.54, 1.807) is 0 Å². The van der Waals surface area contributed by atoms with Gasteiger partial charge in [0.05, 0.1) is 24.3 Å². The van der Waals surface area contributed by atoms with Gasteiger partial charge in [-0.3, -0.25) is 9.48 Å². The van der Waals surface area contributed by atoms with E-state index >= 15 is 0 Å². The van der Waals surface area contributed by atoms with Gasteiger partial charge in [0.25, 0.3) is 5.91 Å². The van der Waals surface area contributed by atoms with Gasteiger partial charge in [-0.15, -0.1) is 0 Å². The van der Waals surface area contributed by atoms with Crippen molar-refractivity contribution in [1.82, 2.24) is 15.1 Å². The summed E-state index contributed by atoms with van der Waals surface area (Å²) in [6.07, 6.45) is 7.27. The third-order valence-electron chi connectivity index (χ3n) is 5.90. The molecule has 144 valence electrons. The predicted molar refractivity (Wildman–Crippen MR) is 106 cm³/mol. The van der Waals surface area contributed by atoms with Crippen LogP contribution < -0.4 is 5.32 Å². The van der Waals surface area contributed by atoms with Crippen molar-refractivity contribution in [3.8, 4) is 0 Å². The molecule has 1 unspecified atom stereocenters. The third kappa shape index (κ3) is 3.26. The van der Waals surface area contributed by atoms with Crippen LogP contribution in [0.15, 0.2) is 47.0 Å². The lowest BCUT2D eigenvalue weighted by Gasteiger charge is -2.24. The van der Waals surface area contributed by atoms with Crippen molar-refractivity contribution in [1.29, 1.82) is 0 Å². The van der Waals surface area contributed by atoms with E-state index in [0.29, 0.717) is 11.5 Å². The Hall–Kier alpha value is -2.82. The first-order valence-corrected chi connectivity index (χ1v) is 10.2. The number of hydrogen-bond acceptors (Lipinski definition) is 3. The quantitative estimate of drug-likeness (QED) is 0.713. The number of furan rings is 1. The zero-order valence-corrected chi connectivity index (χ0v) is 16.1. The second-order valence-corrected chi connectivity index (χ2v) is 8.00. The lowest BCUT2D eigenvalue weighted by atomic mass is 9.92. The molecule has 2 aliphatic rings. The molecule has 2 heterocycles. The molecule has 0 saturated heterocycles. The van der Waals surface area contributed by atoms with Gasteiger partial charge in [0.2, 0.25) is 0 Å². The van der Waals surface area contributed by atoms with Crippen molar-refractivity contribution < 1.29 is 9.21 Å². The number of benzene rings is 1. The van der Waals surface area contributed by atoms with Crippen molar-refractivity contribution in [2.75, 3.05) is 0 Å². The summed E-state index contributed by atoms with van der Waals surface area (Å²) in [5.41, 5.74) is 4.30. The molecule has 1 fully saturated rings. The molecule has 1 N–H and O–H groups in total. The van der Waals surface area contributed by atoms with E-state index in [1.807, 2.05) is 25.3 Å². The van der Waals surface area contributed by atoms with E-state index in [-0.39, 0.29) is 11.9 Å². The van der Waals surface area contributed by atoms with E-state index in [1.165, 1.54) is 24.1 Å². The third-order valence-corrected chi connectivity index (χ3v) is 5.90. The molecule has 2 aliphatic carbocycles. The largest absolute Gasteiger partial charge is 0.465 e. The van der Waals surface area contributed by atoms with Gasteiger partial charge in [-0.2, -0.15) is 5.10 Å². The van der Waals surface area contributed by atoms with Crippen molar-refractivity contribution in [2.24, 2.45) is 0 Å². The molecule has 0 aliphatic heterocycles. The second-order valence-electron chi connectivity index (χ2n) is 8.00. The fourth-order valence-electron chi connectivity index (χ4n) is 4.20. The van der Waals surface area contributed by atoms with Gasteiger partial charge >= 0.3 is 0 Å². The molecule has 3 aromatic rings. The van der Waals surface area contributed by atoms with Crippen LogP contribution in [0.25, 0.3) is 0 Å². The van der Waals surface area contributed by atoms with Crippen LogP contribution in [-0.4, -0.2) is 15.7 Å². The van der Waals surface area contributed by atoms with Crippen molar-refractivity contribution in [3.63, 3.8) is 0 Å². The minimum Gasteiger partial charge on any atom is -0.465 e. The zero-order valence-electron chi connectivity index (χ0n) is 16.1. The summed E-state index contributed by atoms with van der Waals surface area (Å²) >= 11 is 0. The fraction of sp³-hybridized carbons (Fsp3) is 0.391. The summed E-state index contributed by atoms with van der Waals surface area (Å²) in [4.78, 5) is 12.9. The molecule has 28 heavy (non-hydrogen) atoms. The summed E-state index contributed by atoms with van der Waals surface area (Å²) < 4.78 is 7.89. The van der Waals surface area contributed by atoms with Crippen molar-refractivity contribution in [2.45, 2.75) is 57.5 Å². The highest BCUT2D eigenvalue weighted by atomic mass is 16.3. The van der Waals surface area contributed by atoms with Crippen LogP contribution in [0.5, 0.6) is 0 Å². The number of carbonyl (C=O) groups is 1. The molecule has 5 rings (SSSR count). The molecule has 1 atom stereocenters. The minimum atomic E-state index is -0.0400. The Labute approximate surface area is 164 Å². The van der Waals surface area contributed by atoms with Gasteiger partial charge < -0.3 is 9.73 Å². The van der Waals surface area contributed by atoms with Crippen LogP contribution in [0.2, 0.25) is 0 Å². The van der Waals surface area contributed by atoms with Gasteiger partial charge in [-0.05, 0) is 50.7 Å². The number of fused-ring (bicyclic) bond motifs is 1. The number of hydrogen-bond donors (Lipinski definition) is 1. The molecular weight excluding hydrogens is 350 g/mol. The summed E-state index contributed by atoms with van der Waals surface area (Å²) in [6, 6.07) is 12.3. The van der Waals surface area contributed by atoms with E-state index in [4.69, 9.17) is 4.42 Å². The highest BCUT2D eigenvalue weighted by molar-refractivity contribution is 5.95. The molecule has 2 aromatic heterocycles. The zero-order chi connectivity index (χ0) is 19.1. The molecule has 1 saturated carbocycles. The number of amides is 1. The standard InChI is InChI=1S/C23H25N3O2/c1-15-18(12-22(28-15)17-10-11-17)23(27)25-20-8-5-9-21-19(20)13-24-26(21)14-16-6-3-2-4-7-16/h2-4,6-7,12-13,17,20H,5,8-11,14H2,1H3,(H,25,27). The Morgan fingerprint density at radius 2 is 2.07 bits per heavy atom. The molecule has 0 spiro atoms. The highest BCUT2D eigenvalue weighted by Gasteiger charge is 2.31. The second kappa shape index (κ2) is 6.97. The van der Waals surface area contributed by atoms with Crippen LogP contribution in [0.3, 0.4) is 0 Å².